The number of carbonyl (C=O) groups is 3. The summed E-state index contributed by atoms with van der Waals surface area (Å²) >= 11 is 0. The first-order valence-corrected chi connectivity index (χ1v) is 37.3. The summed E-state index contributed by atoms with van der Waals surface area (Å²) < 4.78 is 17.0. The summed E-state index contributed by atoms with van der Waals surface area (Å²) in [4.78, 5) is 38.4. The summed E-state index contributed by atoms with van der Waals surface area (Å²) in [5.74, 6) is -0.837. The second kappa shape index (κ2) is 71.4. The molecular formula is C76H144O6. The van der Waals surface area contributed by atoms with Gasteiger partial charge in [0.2, 0.25) is 0 Å². The maximum Gasteiger partial charge on any atom is 0.306 e. The molecule has 0 bridgehead atoms. The average Bonchev–Trinajstić information content (AvgIpc) is 3.48. The average molecular weight is 1150 g/mol. The molecule has 0 rings (SSSR count). The van der Waals surface area contributed by atoms with Gasteiger partial charge in [-0.05, 0) is 70.6 Å². The lowest BCUT2D eigenvalue weighted by Crippen LogP contribution is -2.30. The molecule has 0 fully saturated rings. The smallest absolute Gasteiger partial charge is 0.306 e. The van der Waals surface area contributed by atoms with Crippen molar-refractivity contribution >= 4 is 17.9 Å². The summed E-state index contributed by atoms with van der Waals surface area (Å²) in [6.07, 6.45) is 88.0. The highest BCUT2D eigenvalue weighted by molar-refractivity contribution is 5.71. The van der Waals surface area contributed by atoms with Gasteiger partial charge in [0.15, 0.2) is 6.10 Å². The number of unbranched alkanes of at least 4 members (excludes halogenated alkanes) is 55. The quantitative estimate of drug-likeness (QED) is 0.0261. The Kier molecular flexibility index (Phi) is 69.5. The van der Waals surface area contributed by atoms with Gasteiger partial charge in [-0.1, -0.05) is 360 Å². The number of hydrogen-bond donors (Lipinski definition) is 0. The summed E-state index contributed by atoms with van der Waals surface area (Å²) in [6, 6.07) is 0. The third-order valence-electron chi connectivity index (χ3n) is 17.2. The van der Waals surface area contributed by atoms with Gasteiger partial charge in [-0.2, -0.15) is 0 Å². The highest BCUT2D eigenvalue weighted by Gasteiger charge is 2.20. The molecule has 0 aromatic rings. The molecule has 0 radical (unpaired) electrons. The van der Waals surface area contributed by atoms with Crippen molar-refractivity contribution in [2.45, 2.75) is 431 Å². The molecule has 0 amide bonds. The zero-order chi connectivity index (χ0) is 59.2. The van der Waals surface area contributed by atoms with Crippen LogP contribution in [0.2, 0.25) is 0 Å². The second-order valence-corrected chi connectivity index (χ2v) is 25.6. The second-order valence-electron chi connectivity index (χ2n) is 25.6. The predicted molar refractivity (Wildman–Crippen MR) is 358 cm³/mol. The van der Waals surface area contributed by atoms with Crippen molar-refractivity contribution in [1.29, 1.82) is 0 Å². The first-order valence-electron chi connectivity index (χ1n) is 37.3. The van der Waals surface area contributed by atoms with Crippen molar-refractivity contribution in [2.24, 2.45) is 0 Å². The van der Waals surface area contributed by atoms with E-state index in [4.69, 9.17) is 14.2 Å². The highest BCUT2D eigenvalue weighted by Crippen LogP contribution is 2.19. The molecule has 0 aliphatic carbocycles. The van der Waals surface area contributed by atoms with Gasteiger partial charge in [0.25, 0.3) is 0 Å². The molecule has 0 heterocycles. The minimum absolute atomic E-state index is 0.0662. The Bertz CT molecular complexity index is 1320. The van der Waals surface area contributed by atoms with Crippen molar-refractivity contribution in [3.05, 3.63) is 24.3 Å². The first kappa shape index (κ1) is 79.9. The number of carbonyl (C=O) groups excluding carboxylic acids is 3. The van der Waals surface area contributed by atoms with Gasteiger partial charge in [-0.3, -0.25) is 14.4 Å². The highest BCUT2D eigenvalue weighted by atomic mass is 16.6. The van der Waals surface area contributed by atoms with Crippen molar-refractivity contribution in [3.8, 4) is 0 Å². The fourth-order valence-corrected chi connectivity index (χ4v) is 11.6. The number of ether oxygens (including phenoxy) is 3. The standard InChI is InChI=1S/C76H144O6/c1-4-7-10-13-16-19-22-25-28-30-31-32-33-34-35-36-37-38-39-40-41-42-43-44-45-47-48-51-54-57-60-63-66-69-75(78)81-72-73(71-80-74(77)68-65-62-59-56-53-50-27-24-21-18-15-12-9-6-3)82-76(79)70-67-64-61-58-55-52-49-46-29-26-23-20-17-14-11-8-5-2/h26,29-31,73H,4-25,27-28,32-72H2,1-3H3/b29-26-,31-30-. The van der Waals surface area contributed by atoms with Crippen molar-refractivity contribution in [3.63, 3.8) is 0 Å². The van der Waals surface area contributed by atoms with Gasteiger partial charge in [0, 0.05) is 19.3 Å². The van der Waals surface area contributed by atoms with E-state index in [2.05, 4.69) is 45.1 Å². The van der Waals surface area contributed by atoms with E-state index in [1.807, 2.05) is 0 Å². The molecule has 1 unspecified atom stereocenters. The molecule has 0 aliphatic rings. The third-order valence-corrected chi connectivity index (χ3v) is 17.2. The Balaban J connectivity index is 4.11. The summed E-state index contributed by atoms with van der Waals surface area (Å²) in [7, 11) is 0. The minimum atomic E-state index is -0.770. The zero-order valence-corrected chi connectivity index (χ0v) is 55.8. The summed E-state index contributed by atoms with van der Waals surface area (Å²) in [5.41, 5.74) is 0. The lowest BCUT2D eigenvalue weighted by atomic mass is 10.0. The molecule has 1 atom stereocenters. The Labute approximate surface area is 513 Å². The van der Waals surface area contributed by atoms with E-state index in [-0.39, 0.29) is 31.1 Å². The van der Waals surface area contributed by atoms with Crippen molar-refractivity contribution in [2.75, 3.05) is 13.2 Å². The Morgan fingerprint density at radius 2 is 0.402 bits per heavy atom. The largest absolute Gasteiger partial charge is 0.462 e. The molecule has 6 heteroatoms. The molecule has 0 N–H and O–H groups in total. The van der Waals surface area contributed by atoms with Crippen LogP contribution in [-0.2, 0) is 28.6 Å². The molecular weight excluding hydrogens is 1010 g/mol. The van der Waals surface area contributed by atoms with Crippen molar-refractivity contribution in [1.82, 2.24) is 0 Å². The lowest BCUT2D eigenvalue weighted by Gasteiger charge is -2.18. The van der Waals surface area contributed by atoms with Crippen LogP contribution < -0.4 is 0 Å². The maximum atomic E-state index is 12.9. The zero-order valence-electron chi connectivity index (χ0n) is 55.8. The molecule has 6 nitrogen and oxygen atoms in total. The van der Waals surface area contributed by atoms with Crippen LogP contribution in [0.1, 0.15) is 425 Å². The Hall–Kier alpha value is -2.11. The molecule has 0 saturated heterocycles. The van der Waals surface area contributed by atoms with Crippen LogP contribution in [-0.4, -0.2) is 37.2 Å². The normalized spacial score (nSPS) is 12.1. The molecule has 0 aliphatic heterocycles. The summed E-state index contributed by atoms with van der Waals surface area (Å²) in [6.45, 7) is 6.71. The summed E-state index contributed by atoms with van der Waals surface area (Å²) in [5, 5.41) is 0. The molecule has 0 saturated carbocycles. The van der Waals surface area contributed by atoms with Crippen molar-refractivity contribution < 1.29 is 28.6 Å². The van der Waals surface area contributed by atoms with Gasteiger partial charge in [-0.25, -0.2) is 0 Å². The SMILES string of the molecule is CCCCCCCC/C=C\CCCCCCCCCC(=O)OC(COC(=O)CCCCCCCCCCCCCCCC)COC(=O)CCCCCCCCCCCCCCCCCCCCCCC/C=C\CCCCCCCCCC. The molecule has 0 aromatic heterocycles. The number of rotatable bonds is 70. The van der Waals surface area contributed by atoms with E-state index < -0.39 is 6.10 Å². The topological polar surface area (TPSA) is 78.9 Å². The van der Waals surface area contributed by atoms with Gasteiger partial charge < -0.3 is 14.2 Å². The van der Waals surface area contributed by atoms with Gasteiger partial charge in [0.05, 0.1) is 0 Å². The molecule has 484 valence electrons. The van der Waals surface area contributed by atoms with Gasteiger partial charge in [0.1, 0.15) is 13.2 Å². The van der Waals surface area contributed by atoms with Crippen LogP contribution in [0.4, 0.5) is 0 Å². The van der Waals surface area contributed by atoms with Crippen LogP contribution in [0.3, 0.4) is 0 Å². The van der Waals surface area contributed by atoms with Crippen LogP contribution in [0.5, 0.6) is 0 Å². The predicted octanol–water partition coefficient (Wildman–Crippen LogP) is 25.7. The van der Waals surface area contributed by atoms with E-state index in [9.17, 15) is 14.4 Å². The Morgan fingerprint density at radius 1 is 0.232 bits per heavy atom. The first-order chi connectivity index (χ1) is 40.5. The lowest BCUT2D eigenvalue weighted by molar-refractivity contribution is -0.167. The molecule has 82 heavy (non-hydrogen) atoms. The monoisotopic (exact) mass is 1150 g/mol. The minimum Gasteiger partial charge on any atom is -0.462 e. The van der Waals surface area contributed by atoms with E-state index in [1.54, 1.807) is 0 Å². The van der Waals surface area contributed by atoms with E-state index in [0.717, 1.165) is 57.8 Å². The van der Waals surface area contributed by atoms with E-state index in [0.29, 0.717) is 19.3 Å². The van der Waals surface area contributed by atoms with Crippen LogP contribution in [0.25, 0.3) is 0 Å². The maximum absolute atomic E-state index is 12.9. The molecule has 0 aromatic carbocycles. The molecule has 0 spiro atoms. The van der Waals surface area contributed by atoms with E-state index in [1.165, 1.54) is 327 Å². The van der Waals surface area contributed by atoms with Crippen LogP contribution in [0, 0.1) is 0 Å². The van der Waals surface area contributed by atoms with Crippen LogP contribution >= 0.6 is 0 Å². The number of allylic oxidation sites excluding steroid dienone is 4. The Morgan fingerprint density at radius 3 is 0.610 bits per heavy atom. The van der Waals surface area contributed by atoms with Gasteiger partial charge >= 0.3 is 17.9 Å². The number of esters is 3. The fraction of sp³-hybridized carbons (Fsp3) is 0.908. The fourth-order valence-electron chi connectivity index (χ4n) is 11.6. The van der Waals surface area contributed by atoms with Gasteiger partial charge in [-0.15, -0.1) is 0 Å². The van der Waals surface area contributed by atoms with Crippen LogP contribution in [0.15, 0.2) is 24.3 Å². The van der Waals surface area contributed by atoms with E-state index >= 15 is 0 Å². The number of hydrogen-bond acceptors (Lipinski definition) is 6. The third kappa shape index (κ3) is 68.7.